The summed E-state index contributed by atoms with van der Waals surface area (Å²) in [4.78, 5) is 21.6. The molecule has 0 radical (unpaired) electrons. The van der Waals surface area contributed by atoms with E-state index in [-0.39, 0.29) is 5.91 Å². The highest BCUT2D eigenvalue weighted by molar-refractivity contribution is 6.03. The highest BCUT2D eigenvalue weighted by Gasteiger charge is 2.19. The third-order valence-electron chi connectivity index (χ3n) is 5.26. The molecule has 0 atom stereocenters. The summed E-state index contributed by atoms with van der Waals surface area (Å²) < 4.78 is 0. The van der Waals surface area contributed by atoms with Gasteiger partial charge in [-0.25, -0.2) is 0 Å². The molecule has 1 N–H and O–H groups in total. The number of aryl methyl sites for hydroxylation is 2. The molecule has 148 valence electrons. The van der Waals surface area contributed by atoms with Gasteiger partial charge in [0, 0.05) is 49.4 Å². The van der Waals surface area contributed by atoms with Crippen LogP contribution in [0.2, 0.25) is 0 Å². The van der Waals surface area contributed by atoms with Crippen LogP contribution in [-0.4, -0.2) is 37.1 Å². The Kier molecular flexibility index (Phi) is 5.47. The lowest BCUT2D eigenvalue weighted by Gasteiger charge is -2.37. The van der Waals surface area contributed by atoms with E-state index in [4.69, 9.17) is 0 Å². The number of hydrogen-bond donors (Lipinski definition) is 1. The van der Waals surface area contributed by atoms with Gasteiger partial charge < -0.3 is 15.1 Å². The first-order chi connectivity index (χ1) is 14.1. The monoisotopic (exact) mass is 386 g/mol. The maximum atomic E-state index is 12.6. The van der Waals surface area contributed by atoms with E-state index >= 15 is 0 Å². The number of pyridine rings is 1. The van der Waals surface area contributed by atoms with Crippen molar-refractivity contribution in [2.75, 3.05) is 41.3 Å². The standard InChI is InChI=1S/C24H26N4O/c1-18-5-3-7-20(15-18)26-24(29)23-17-22(9-10-25-23)28-13-11-27(12-14-28)21-8-4-6-19(2)16-21/h3-10,15-17H,11-14H2,1-2H3,(H,26,29). The van der Waals surface area contributed by atoms with Gasteiger partial charge in [0.05, 0.1) is 0 Å². The fraction of sp³-hybridized carbons (Fsp3) is 0.250. The number of nitrogens with zero attached hydrogens (tertiary/aromatic N) is 3. The van der Waals surface area contributed by atoms with Crippen LogP contribution >= 0.6 is 0 Å². The zero-order chi connectivity index (χ0) is 20.2. The largest absolute Gasteiger partial charge is 0.368 e. The van der Waals surface area contributed by atoms with Crippen molar-refractivity contribution in [3.05, 3.63) is 83.7 Å². The maximum Gasteiger partial charge on any atom is 0.274 e. The Balaban J connectivity index is 1.42. The topological polar surface area (TPSA) is 48.5 Å². The number of carbonyl (C=O) groups is 1. The second-order valence-corrected chi connectivity index (χ2v) is 7.54. The molecule has 2 aromatic carbocycles. The van der Waals surface area contributed by atoms with E-state index in [0.717, 1.165) is 43.1 Å². The summed E-state index contributed by atoms with van der Waals surface area (Å²) in [5.41, 5.74) is 5.93. The van der Waals surface area contributed by atoms with Crippen molar-refractivity contribution in [2.24, 2.45) is 0 Å². The van der Waals surface area contributed by atoms with Crippen LogP contribution in [0.15, 0.2) is 66.9 Å². The fourth-order valence-corrected chi connectivity index (χ4v) is 3.71. The fourth-order valence-electron chi connectivity index (χ4n) is 3.71. The van der Waals surface area contributed by atoms with Gasteiger partial charge in [0.1, 0.15) is 5.69 Å². The number of piperazine rings is 1. The lowest BCUT2D eigenvalue weighted by atomic mass is 10.2. The number of benzene rings is 2. The molecular formula is C24H26N4O. The van der Waals surface area contributed by atoms with Crippen LogP contribution in [0.25, 0.3) is 0 Å². The Morgan fingerprint density at radius 2 is 1.45 bits per heavy atom. The van der Waals surface area contributed by atoms with E-state index in [1.165, 1.54) is 11.3 Å². The summed E-state index contributed by atoms with van der Waals surface area (Å²) >= 11 is 0. The van der Waals surface area contributed by atoms with E-state index < -0.39 is 0 Å². The molecule has 2 heterocycles. The number of rotatable bonds is 4. The average molecular weight is 386 g/mol. The lowest BCUT2D eigenvalue weighted by Crippen LogP contribution is -2.46. The molecule has 1 aromatic heterocycles. The Morgan fingerprint density at radius 3 is 2.10 bits per heavy atom. The Hall–Kier alpha value is -3.34. The summed E-state index contributed by atoms with van der Waals surface area (Å²) in [7, 11) is 0. The van der Waals surface area contributed by atoms with Crippen molar-refractivity contribution in [2.45, 2.75) is 13.8 Å². The predicted octanol–water partition coefficient (Wildman–Crippen LogP) is 4.28. The zero-order valence-electron chi connectivity index (χ0n) is 16.9. The minimum atomic E-state index is -0.184. The molecule has 4 rings (SSSR count). The number of hydrogen-bond acceptors (Lipinski definition) is 4. The van der Waals surface area contributed by atoms with Crippen LogP contribution in [0, 0.1) is 13.8 Å². The molecule has 29 heavy (non-hydrogen) atoms. The molecule has 3 aromatic rings. The first-order valence-corrected chi connectivity index (χ1v) is 9.99. The van der Waals surface area contributed by atoms with Gasteiger partial charge in [0.25, 0.3) is 5.91 Å². The van der Waals surface area contributed by atoms with Crippen molar-refractivity contribution >= 4 is 23.0 Å². The Morgan fingerprint density at radius 1 is 0.828 bits per heavy atom. The lowest BCUT2D eigenvalue weighted by molar-refractivity contribution is 0.102. The van der Waals surface area contributed by atoms with Gasteiger partial charge in [0.15, 0.2) is 0 Å². The molecule has 0 bridgehead atoms. The van der Waals surface area contributed by atoms with Crippen molar-refractivity contribution in [3.63, 3.8) is 0 Å². The summed E-state index contributed by atoms with van der Waals surface area (Å²) in [5, 5.41) is 2.93. The summed E-state index contributed by atoms with van der Waals surface area (Å²) in [6.45, 7) is 7.87. The van der Waals surface area contributed by atoms with Gasteiger partial charge in [-0.3, -0.25) is 9.78 Å². The van der Waals surface area contributed by atoms with Gasteiger partial charge in [0.2, 0.25) is 0 Å². The molecular weight excluding hydrogens is 360 g/mol. The zero-order valence-corrected chi connectivity index (χ0v) is 16.9. The molecule has 0 spiro atoms. The molecule has 0 aliphatic carbocycles. The van der Waals surface area contributed by atoms with Gasteiger partial charge >= 0.3 is 0 Å². The van der Waals surface area contributed by atoms with E-state index in [2.05, 4.69) is 51.3 Å². The molecule has 0 saturated carbocycles. The molecule has 0 unspecified atom stereocenters. The number of aromatic nitrogens is 1. The van der Waals surface area contributed by atoms with Gasteiger partial charge in [-0.2, -0.15) is 0 Å². The van der Waals surface area contributed by atoms with E-state index in [1.807, 2.05) is 43.3 Å². The molecule has 1 amide bonds. The first kappa shape index (κ1) is 19.0. The van der Waals surface area contributed by atoms with Crippen molar-refractivity contribution < 1.29 is 4.79 Å². The minimum Gasteiger partial charge on any atom is -0.368 e. The second kappa shape index (κ2) is 8.35. The first-order valence-electron chi connectivity index (χ1n) is 9.99. The average Bonchev–Trinajstić information content (AvgIpc) is 2.74. The summed E-state index contributed by atoms with van der Waals surface area (Å²) in [5.74, 6) is -0.184. The normalized spacial score (nSPS) is 14.0. The predicted molar refractivity (Wildman–Crippen MR) is 119 cm³/mol. The summed E-state index contributed by atoms with van der Waals surface area (Å²) in [6.07, 6.45) is 1.72. The number of nitrogens with one attached hydrogen (secondary N) is 1. The number of anilines is 3. The Labute approximate surface area is 172 Å². The van der Waals surface area contributed by atoms with Crippen LogP contribution < -0.4 is 15.1 Å². The van der Waals surface area contributed by atoms with Gasteiger partial charge in [-0.15, -0.1) is 0 Å². The minimum absolute atomic E-state index is 0.184. The third-order valence-corrected chi connectivity index (χ3v) is 5.26. The van der Waals surface area contributed by atoms with E-state index in [0.29, 0.717) is 5.69 Å². The SMILES string of the molecule is Cc1cccc(NC(=O)c2cc(N3CCN(c4cccc(C)c4)CC3)ccn2)c1. The van der Waals surface area contributed by atoms with Crippen molar-refractivity contribution in [1.82, 2.24) is 4.98 Å². The van der Waals surface area contributed by atoms with E-state index in [9.17, 15) is 4.79 Å². The van der Waals surface area contributed by atoms with Crippen LogP contribution in [-0.2, 0) is 0 Å². The molecule has 1 saturated heterocycles. The molecule has 5 nitrogen and oxygen atoms in total. The molecule has 1 aliphatic rings. The van der Waals surface area contributed by atoms with Crippen LogP contribution in [0.4, 0.5) is 17.1 Å². The molecule has 1 fully saturated rings. The maximum absolute atomic E-state index is 12.6. The third kappa shape index (κ3) is 4.57. The second-order valence-electron chi connectivity index (χ2n) is 7.54. The molecule has 5 heteroatoms. The summed E-state index contributed by atoms with van der Waals surface area (Å²) in [6, 6.07) is 20.3. The van der Waals surface area contributed by atoms with Crippen molar-refractivity contribution in [1.29, 1.82) is 0 Å². The smallest absolute Gasteiger partial charge is 0.274 e. The van der Waals surface area contributed by atoms with Gasteiger partial charge in [-0.1, -0.05) is 24.3 Å². The van der Waals surface area contributed by atoms with Crippen LogP contribution in [0.5, 0.6) is 0 Å². The van der Waals surface area contributed by atoms with Gasteiger partial charge in [-0.05, 0) is 61.4 Å². The number of amides is 1. The number of carbonyl (C=O) groups excluding carboxylic acids is 1. The highest BCUT2D eigenvalue weighted by atomic mass is 16.1. The van der Waals surface area contributed by atoms with Crippen LogP contribution in [0.3, 0.4) is 0 Å². The van der Waals surface area contributed by atoms with E-state index in [1.54, 1.807) is 6.20 Å². The highest BCUT2D eigenvalue weighted by Crippen LogP contribution is 2.22. The molecule has 1 aliphatic heterocycles. The van der Waals surface area contributed by atoms with Crippen LogP contribution in [0.1, 0.15) is 21.6 Å². The van der Waals surface area contributed by atoms with Crippen molar-refractivity contribution in [3.8, 4) is 0 Å². The quantitative estimate of drug-likeness (QED) is 0.727. The Bertz CT molecular complexity index is 1010.